The summed E-state index contributed by atoms with van der Waals surface area (Å²) in [4.78, 5) is 11.5. The molecule has 0 aromatic heterocycles. The van der Waals surface area contributed by atoms with E-state index in [1.54, 1.807) is 32.0 Å². The van der Waals surface area contributed by atoms with Gasteiger partial charge in [0.05, 0.1) is 5.56 Å². The minimum Gasteiger partial charge on any atom is -0.488 e. The summed E-state index contributed by atoms with van der Waals surface area (Å²) in [5, 5.41) is 0. The fraction of sp³-hybridized carbons (Fsp3) is 0.316. The van der Waals surface area contributed by atoms with Crippen molar-refractivity contribution in [2.24, 2.45) is 0 Å². The van der Waals surface area contributed by atoms with Crippen LogP contribution in [0.5, 0.6) is 11.5 Å². The third-order valence-electron chi connectivity index (χ3n) is 3.65. The van der Waals surface area contributed by atoms with Crippen LogP contribution in [-0.4, -0.2) is 5.97 Å². The van der Waals surface area contributed by atoms with Gasteiger partial charge in [-0.3, -0.25) is 4.79 Å². The molecule has 0 spiro atoms. The molecule has 0 fully saturated rings. The molecule has 0 atom stereocenters. The lowest BCUT2D eigenvalue weighted by Gasteiger charge is -2.15. The molecule has 0 heterocycles. The van der Waals surface area contributed by atoms with Crippen LogP contribution in [0, 0.1) is 13.8 Å². The van der Waals surface area contributed by atoms with Gasteiger partial charge in [-0.15, -0.1) is 0 Å². The highest BCUT2D eigenvalue weighted by Gasteiger charge is 2.16. The zero-order valence-corrected chi connectivity index (χ0v) is 13.9. The minimum absolute atomic E-state index is 0.0434. The van der Waals surface area contributed by atoms with Crippen molar-refractivity contribution in [3.8, 4) is 11.5 Å². The van der Waals surface area contributed by atoms with Gasteiger partial charge in [0.2, 0.25) is 0 Å². The van der Waals surface area contributed by atoms with E-state index in [0.29, 0.717) is 11.3 Å². The molecule has 0 saturated carbocycles. The topological polar surface area (TPSA) is 35.5 Å². The maximum Gasteiger partial charge on any atom is 0.310 e. The SMILES string of the molecule is CCC(=O)Oc1cccc(C)c1COc1ccc(C)cc1C(F)F. The van der Waals surface area contributed by atoms with Gasteiger partial charge >= 0.3 is 5.97 Å². The first-order chi connectivity index (χ1) is 11.4. The van der Waals surface area contributed by atoms with E-state index < -0.39 is 6.43 Å². The number of halogens is 2. The van der Waals surface area contributed by atoms with E-state index in [4.69, 9.17) is 9.47 Å². The summed E-state index contributed by atoms with van der Waals surface area (Å²) in [6, 6.07) is 9.96. The highest BCUT2D eigenvalue weighted by Crippen LogP contribution is 2.32. The number of benzene rings is 2. The molecule has 0 aliphatic heterocycles. The van der Waals surface area contributed by atoms with Gasteiger partial charge in [-0.2, -0.15) is 0 Å². The van der Waals surface area contributed by atoms with Gasteiger partial charge in [0.25, 0.3) is 6.43 Å². The summed E-state index contributed by atoms with van der Waals surface area (Å²) in [5.41, 5.74) is 2.13. The molecule has 0 aliphatic rings. The van der Waals surface area contributed by atoms with Crippen LogP contribution in [0.15, 0.2) is 36.4 Å². The maximum atomic E-state index is 13.2. The lowest BCUT2D eigenvalue weighted by atomic mass is 10.1. The fourth-order valence-corrected chi connectivity index (χ4v) is 2.27. The van der Waals surface area contributed by atoms with Gasteiger partial charge in [0, 0.05) is 12.0 Å². The molecule has 2 rings (SSSR count). The van der Waals surface area contributed by atoms with Crippen LogP contribution in [-0.2, 0) is 11.4 Å². The van der Waals surface area contributed by atoms with Crippen molar-refractivity contribution >= 4 is 5.97 Å². The van der Waals surface area contributed by atoms with Crippen molar-refractivity contribution in [2.75, 3.05) is 0 Å². The van der Waals surface area contributed by atoms with Gasteiger partial charge in [0.1, 0.15) is 18.1 Å². The Labute approximate surface area is 140 Å². The van der Waals surface area contributed by atoms with Crippen LogP contribution in [0.1, 0.15) is 42.0 Å². The van der Waals surface area contributed by atoms with E-state index >= 15 is 0 Å². The second-order valence-electron chi connectivity index (χ2n) is 5.51. The molecule has 3 nitrogen and oxygen atoms in total. The monoisotopic (exact) mass is 334 g/mol. The predicted molar refractivity (Wildman–Crippen MR) is 87.6 cm³/mol. The van der Waals surface area contributed by atoms with E-state index in [9.17, 15) is 13.6 Å². The Hall–Kier alpha value is -2.43. The molecule has 0 aliphatic carbocycles. The van der Waals surface area contributed by atoms with Crippen molar-refractivity contribution in [2.45, 2.75) is 40.2 Å². The molecular formula is C19H20F2O3. The van der Waals surface area contributed by atoms with Crippen LogP contribution in [0.4, 0.5) is 8.78 Å². The van der Waals surface area contributed by atoms with E-state index in [0.717, 1.165) is 11.1 Å². The number of esters is 1. The molecule has 5 heteroatoms. The number of ether oxygens (including phenoxy) is 2. The first kappa shape index (κ1) is 17.9. The lowest BCUT2D eigenvalue weighted by Crippen LogP contribution is -2.10. The van der Waals surface area contributed by atoms with E-state index in [2.05, 4.69) is 0 Å². The van der Waals surface area contributed by atoms with Crippen molar-refractivity contribution in [1.29, 1.82) is 0 Å². The lowest BCUT2D eigenvalue weighted by molar-refractivity contribution is -0.134. The van der Waals surface area contributed by atoms with Gasteiger partial charge in [0.15, 0.2) is 0 Å². The number of aryl methyl sites for hydroxylation is 2. The molecule has 0 saturated heterocycles. The Morgan fingerprint density at radius 2 is 1.88 bits per heavy atom. The highest BCUT2D eigenvalue weighted by atomic mass is 19.3. The summed E-state index contributed by atoms with van der Waals surface area (Å²) in [7, 11) is 0. The van der Waals surface area contributed by atoms with Gasteiger partial charge < -0.3 is 9.47 Å². The van der Waals surface area contributed by atoms with Crippen molar-refractivity contribution in [3.05, 3.63) is 58.7 Å². The number of carbonyl (C=O) groups excluding carboxylic acids is 1. The Morgan fingerprint density at radius 1 is 1.12 bits per heavy atom. The Balaban J connectivity index is 2.25. The van der Waals surface area contributed by atoms with Gasteiger partial charge in [-0.25, -0.2) is 8.78 Å². The Morgan fingerprint density at radius 3 is 2.54 bits per heavy atom. The summed E-state index contributed by atoms with van der Waals surface area (Å²) in [6.45, 7) is 5.35. The highest BCUT2D eigenvalue weighted by molar-refractivity contribution is 5.72. The second-order valence-corrected chi connectivity index (χ2v) is 5.51. The number of carbonyl (C=O) groups is 1. The first-order valence-corrected chi connectivity index (χ1v) is 7.73. The first-order valence-electron chi connectivity index (χ1n) is 7.73. The summed E-state index contributed by atoms with van der Waals surface area (Å²) in [6.07, 6.45) is -2.36. The zero-order valence-electron chi connectivity index (χ0n) is 13.9. The Bertz CT molecular complexity index is 727. The molecular weight excluding hydrogens is 314 g/mol. The van der Waals surface area contributed by atoms with Crippen LogP contribution >= 0.6 is 0 Å². The molecule has 0 N–H and O–H groups in total. The van der Waals surface area contributed by atoms with Crippen molar-refractivity contribution in [1.82, 2.24) is 0 Å². The molecule has 0 unspecified atom stereocenters. The normalized spacial score (nSPS) is 10.8. The third-order valence-corrected chi connectivity index (χ3v) is 3.65. The predicted octanol–water partition coefficient (Wildman–Crippen LogP) is 5.14. The molecule has 2 aromatic carbocycles. The number of hydrogen-bond acceptors (Lipinski definition) is 3. The zero-order chi connectivity index (χ0) is 17.7. The summed E-state index contributed by atoms with van der Waals surface area (Å²) >= 11 is 0. The molecule has 2 aromatic rings. The van der Waals surface area contributed by atoms with Crippen LogP contribution in [0.2, 0.25) is 0 Å². The molecule has 0 amide bonds. The average molecular weight is 334 g/mol. The molecule has 128 valence electrons. The standard InChI is InChI=1S/C19H20F2O3/c1-4-18(22)24-17-7-5-6-13(3)15(17)11-23-16-9-8-12(2)10-14(16)19(20)21/h5-10,19H,4,11H2,1-3H3. The number of hydrogen-bond donors (Lipinski definition) is 0. The van der Waals surface area contributed by atoms with Crippen LogP contribution in [0.3, 0.4) is 0 Å². The van der Waals surface area contributed by atoms with Gasteiger partial charge in [-0.05, 0) is 37.6 Å². The number of rotatable bonds is 6. The number of alkyl halides is 2. The summed E-state index contributed by atoms with van der Waals surface area (Å²) in [5.74, 6) is 0.171. The van der Waals surface area contributed by atoms with Crippen molar-refractivity contribution < 1.29 is 23.0 Å². The van der Waals surface area contributed by atoms with Crippen LogP contribution in [0.25, 0.3) is 0 Å². The summed E-state index contributed by atoms with van der Waals surface area (Å²) < 4.78 is 37.2. The maximum absolute atomic E-state index is 13.2. The second kappa shape index (κ2) is 7.90. The van der Waals surface area contributed by atoms with E-state index in [1.807, 2.05) is 13.0 Å². The smallest absolute Gasteiger partial charge is 0.310 e. The average Bonchev–Trinajstić information content (AvgIpc) is 2.55. The van der Waals surface area contributed by atoms with E-state index in [1.165, 1.54) is 12.1 Å². The third kappa shape index (κ3) is 4.31. The van der Waals surface area contributed by atoms with E-state index in [-0.39, 0.29) is 30.3 Å². The molecule has 0 radical (unpaired) electrons. The minimum atomic E-state index is -2.62. The Kier molecular flexibility index (Phi) is 5.90. The van der Waals surface area contributed by atoms with Gasteiger partial charge in [-0.1, -0.05) is 30.7 Å². The van der Waals surface area contributed by atoms with Crippen molar-refractivity contribution in [3.63, 3.8) is 0 Å². The fourth-order valence-electron chi connectivity index (χ4n) is 2.27. The van der Waals surface area contributed by atoms with Crippen LogP contribution < -0.4 is 9.47 Å². The molecule has 0 bridgehead atoms. The quantitative estimate of drug-likeness (QED) is 0.542. The largest absolute Gasteiger partial charge is 0.488 e. The molecule has 24 heavy (non-hydrogen) atoms.